The van der Waals surface area contributed by atoms with Gasteiger partial charge in [0, 0.05) is 18.7 Å². The molecule has 4 aromatic rings. The Morgan fingerprint density at radius 2 is 1.38 bits per heavy atom. The van der Waals surface area contributed by atoms with E-state index in [9.17, 15) is 41.4 Å². The molecule has 48 heavy (non-hydrogen) atoms. The van der Waals surface area contributed by atoms with Crippen LogP contribution in [0.15, 0.2) is 71.5 Å². The van der Waals surface area contributed by atoms with Crippen LogP contribution in [0.1, 0.15) is 34.8 Å². The lowest BCUT2D eigenvalue weighted by Gasteiger charge is -2.14. The van der Waals surface area contributed by atoms with Gasteiger partial charge < -0.3 is 36.0 Å². The third kappa shape index (κ3) is 14.1. The number of halogens is 6. The summed E-state index contributed by atoms with van der Waals surface area (Å²) in [5.74, 6) is -5.50. The molecule has 10 nitrogen and oxygen atoms in total. The minimum Gasteiger partial charge on any atom is -0.506 e. The number of aliphatic carboxylic acids is 2. The van der Waals surface area contributed by atoms with E-state index in [2.05, 4.69) is 64.1 Å². The highest BCUT2D eigenvalue weighted by molar-refractivity contribution is 7.16. The molecule has 1 aromatic heterocycles. The Kier molecular flexibility index (Phi) is 15.5. The number of carbonyl (C=O) groups is 2. The summed E-state index contributed by atoms with van der Waals surface area (Å²) in [6.07, 6.45) is -7.87. The number of fused-ring (bicyclic) bond motifs is 1. The van der Waals surface area contributed by atoms with Gasteiger partial charge in [-0.25, -0.2) is 9.59 Å². The predicted octanol–water partition coefficient (Wildman–Crippen LogP) is 5.15. The number of rotatable bonds is 12. The Morgan fingerprint density at radius 1 is 0.792 bits per heavy atom. The fourth-order valence-corrected chi connectivity index (χ4v) is 4.99. The van der Waals surface area contributed by atoms with Gasteiger partial charge in [0.1, 0.15) is 11.3 Å². The van der Waals surface area contributed by atoms with Crippen LogP contribution < -0.4 is 15.5 Å². The molecule has 0 radical (unpaired) electrons. The number of hydrogen-bond acceptors (Lipinski definition) is 8. The number of thiazole rings is 1. The highest BCUT2D eigenvalue weighted by Gasteiger charge is 2.38. The van der Waals surface area contributed by atoms with Crippen molar-refractivity contribution in [3.05, 3.63) is 98.7 Å². The first-order valence-electron chi connectivity index (χ1n) is 14.1. The molecular formula is C31H33F6N3O7S. The Morgan fingerprint density at radius 3 is 1.98 bits per heavy atom. The lowest BCUT2D eigenvalue weighted by atomic mass is 10.1. The third-order valence-corrected chi connectivity index (χ3v) is 7.27. The third-order valence-electron chi connectivity index (χ3n) is 6.34. The zero-order valence-electron chi connectivity index (χ0n) is 25.1. The van der Waals surface area contributed by atoms with Crippen molar-refractivity contribution in [2.75, 3.05) is 19.6 Å². The monoisotopic (exact) mass is 705 g/mol. The molecule has 1 atom stereocenters. The Balaban J connectivity index is 0.000000479. The van der Waals surface area contributed by atoms with Gasteiger partial charge in [0.05, 0.1) is 10.8 Å². The molecule has 0 spiro atoms. The SMILES string of the molecule is O=C(O)C(F)(F)F.O=C(O)C(F)(F)F.O=c1[nH]c2c(O)ccc([C@@H](O)CNCCc3cccc(CNCCCc4ccccc4)c3)c2s1. The van der Waals surface area contributed by atoms with Gasteiger partial charge in [0.15, 0.2) is 0 Å². The number of alkyl halides is 6. The minimum atomic E-state index is -5.08. The van der Waals surface area contributed by atoms with Crippen LogP contribution >= 0.6 is 11.3 Å². The van der Waals surface area contributed by atoms with Crippen molar-refractivity contribution >= 4 is 33.5 Å². The summed E-state index contributed by atoms with van der Waals surface area (Å²) in [6, 6.07) is 22.3. The maximum absolute atomic E-state index is 11.7. The average Bonchev–Trinajstić information content (AvgIpc) is 3.42. The van der Waals surface area contributed by atoms with E-state index in [1.54, 1.807) is 6.07 Å². The molecule has 4 rings (SSSR count). The number of hydrogen-bond donors (Lipinski definition) is 7. The molecule has 0 bridgehead atoms. The molecule has 7 N–H and O–H groups in total. The van der Waals surface area contributed by atoms with Gasteiger partial charge in [-0.3, -0.25) is 4.79 Å². The summed E-state index contributed by atoms with van der Waals surface area (Å²) < 4.78 is 64.1. The highest BCUT2D eigenvalue weighted by atomic mass is 32.1. The predicted molar refractivity (Wildman–Crippen MR) is 166 cm³/mol. The first kappa shape index (κ1) is 39.7. The second kappa shape index (κ2) is 18.8. The standard InChI is InChI=1S/C27H31N3O3S.2C2HF3O2/c31-23-12-11-22(26-25(23)30-27(33)34-26)24(32)18-29-15-13-20-8-4-9-21(16-20)17-28-14-5-10-19-6-2-1-3-7-19;2*3-2(4,5)1(6)7/h1-4,6-9,11-12,16,24,28-29,31-32H,5,10,13-15,17-18H2,(H,30,33);2*(H,6,7)/t24-;;/m0../s1. The first-order chi connectivity index (χ1) is 22.5. The average molecular weight is 706 g/mol. The van der Waals surface area contributed by atoms with Gasteiger partial charge in [0.2, 0.25) is 0 Å². The Labute approximate surface area is 273 Å². The highest BCUT2D eigenvalue weighted by Crippen LogP contribution is 2.31. The van der Waals surface area contributed by atoms with Gasteiger partial charge in [-0.05, 0) is 55.1 Å². The molecule has 0 saturated carbocycles. The lowest BCUT2D eigenvalue weighted by molar-refractivity contribution is -0.193. The van der Waals surface area contributed by atoms with Crippen molar-refractivity contribution < 1.29 is 56.4 Å². The van der Waals surface area contributed by atoms with Crippen molar-refractivity contribution in [3.63, 3.8) is 0 Å². The molecule has 17 heteroatoms. The van der Waals surface area contributed by atoms with Gasteiger partial charge in [-0.15, -0.1) is 0 Å². The molecule has 0 aliphatic rings. The quantitative estimate of drug-likeness (QED) is 0.0778. The number of aryl methyl sites for hydroxylation is 1. The number of aromatic nitrogens is 1. The van der Waals surface area contributed by atoms with Crippen molar-refractivity contribution in [1.29, 1.82) is 0 Å². The van der Waals surface area contributed by atoms with Gasteiger partial charge in [-0.1, -0.05) is 72.0 Å². The van der Waals surface area contributed by atoms with E-state index in [4.69, 9.17) is 19.8 Å². The number of aromatic amines is 1. The van der Waals surface area contributed by atoms with Crippen LogP contribution in [0.3, 0.4) is 0 Å². The van der Waals surface area contributed by atoms with Crippen molar-refractivity contribution in [2.24, 2.45) is 0 Å². The smallest absolute Gasteiger partial charge is 0.490 e. The topological polar surface area (TPSA) is 172 Å². The molecule has 1 heterocycles. The zero-order chi connectivity index (χ0) is 35.9. The van der Waals surface area contributed by atoms with E-state index in [1.807, 2.05) is 6.07 Å². The zero-order valence-corrected chi connectivity index (χ0v) is 25.9. The number of aliphatic hydroxyl groups excluding tert-OH is 1. The minimum absolute atomic E-state index is 0.0165. The van der Waals surface area contributed by atoms with Crippen molar-refractivity contribution in [3.8, 4) is 5.75 Å². The van der Waals surface area contributed by atoms with E-state index in [-0.39, 0.29) is 10.6 Å². The maximum Gasteiger partial charge on any atom is 0.490 e. The number of phenolic OH excluding ortho intramolecular Hbond substituents is 1. The van der Waals surface area contributed by atoms with Crippen LogP contribution in [0.4, 0.5) is 26.3 Å². The summed E-state index contributed by atoms with van der Waals surface area (Å²) in [5.41, 5.74) is 4.93. The summed E-state index contributed by atoms with van der Waals surface area (Å²) in [4.78, 5) is 31.8. The molecule has 3 aromatic carbocycles. The van der Waals surface area contributed by atoms with Crippen LogP contribution in [-0.4, -0.2) is 69.3 Å². The van der Waals surface area contributed by atoms with Crippen LogP contribution in [0, 0.1) is 0 Å². The largest absolute Gasteiger partial charge is 0.506 e. The molecule has 0 aliphatic heterocycles. The fourth-order valence-electron chi connectivity index (χ4n) is 4.07. The second-order valence-corrected chi connectivity index (χ2v) is 11.0. The summed E-state index contributed by atoms with van der Waals surface area (Å²) in [7, 11) is 0. The lowest BCUT2D eigenvalue weighted by Crippen LogP contribution is -2.24. The molecule has 0 fully saturated rings. The van der Waals surface area contributed by atoms with Crippen LogP contribution in [0.5, 0.6) is 5.75 Å². The maximum atomic E-state index is 11.7. The van der Waals surface area contributed by atoms with Gasteiger partial charge in [0.25, 0.3) is 0 Å². The van der Waals surface area contributed by atoms with Crippen LogP contribution in [0.2, 0.25) is 0 Å². The number of nitrogens with one attached hydrogen (secondary N) is 3. The molecule has 0 saturated heterocycles. The number of carboxylic acids is 2. The molecule has 262 valence electrons. The molecule has 0 aliphatic carbocycles. The number of benzene rings is 3. The number of aliphatic hydroxyl groups is 1. The van der Waals surface area contributed by atoms with Gasteiger partial charge in [-0.2, -0.15) is 26.3 Å². The summed E-state index contributed by atoms with van der Waals surface area (Å²) in [6.45, 7) is 2.94. The second-order valence-electron chi connectivity index (χ2n) is 10.1. The molecule has 0 amide bonds. The Bertz CT molecular complexity index is 1640. The fraction of sp³-hybridized carbons (Fsp3) is 0.323. The van der Waals surface area contributed by atoms with Crippen LogP contribution in [-0.2, 0) is 29.0 Å². The van der Waals surface area contributed by atoms with E-state index < -0.39 is 30.4 Å². The van der Waals surface area contributed by atoms with Crippen LogP contribution in [0.25, 0.3) is 10.2 Å². The molecular weight excluding hydrogens is 672 g/mol. The number of carboxylic acid groups (broad SMARTS) is 2. The normalized spacial score (nSPS) is 12.0. The van der Waals surface area contributed by atoms with Crippen molar-refractivity contribution in [1.82, 2.24) is 15.6 Å². The first-order valence-corrected chi connectivity index (χ1v) is 15.0. The van der Waals surface area contributed by atoms with E-state index >= 15 is 0 Å². The van der Waals surface area contributed by atoms with Gasteiger partial charge >= 0.3 is 29.2 Å². The number of aromatic hydroxyl groups is 1. The summed E-state index contributed by atoms with van der Waals surface area (Å²) >= 11 is 1.00. The van der Waals surface area contributed by atoms with E-state index in [0.29, 0.717) is 22.3 Å². The number of phenols is 1. The molecule has 0 unspecified atom stereocenters. The van der Waals surface area contributed by atoms with E-state index in [1.165, 1.54) is 22.8 Å². The summed E-state index contributed by atoms with van der Waals surface area (Å²) in [5, 5.41) is 41.6. The van der Waals surface area contributed by atoms with E-state index in [0.717, 1.165) is 50.2 Å². The van der Waals surface area contributed by atoms with Crippen molar-refractivity contribution in [2.45, 2.75) is 44.3 Å². The number of H-pyrrole nitrogens is 1. The Hall–Kier alpha value is -4.45.